The van der Waals surface area contributed by atoms with Crippen molar-refractivity contribution in [3.8, 4) is 0 Å². The normalized spacial score (nSPS) is 22.1. The average Bonchev–Trinajstić information content (AvgIpc) is 2.43. The molecule has 2 rings (SSSR count). The van der Waals surface area contributed by atoms with Gasteiger partial charge in [0.2, 0.25) is 0 Å². The predicted octanol–water partition coefficient (Wildman–Crippen LogP) is 3.43. The molecule has 0 aromatic heterocycles. The molecular weight excluding hydrogens is 298 g/mol. The van der Waals surface area contributed by atoms with Gasteiger partial charge in [0.05, 0.1) is 6.10 Å². The first-order valence-corrected chi connectivity index (χ1v) is 7.71. The van der Waals surface area contributed by atoms with Crippen LogP contribution in [0, 0.1) is 0 Å². The molecule has 2 amide bonds. The Bertz CT molecular complexity index is 463. The lowest BCUT2D eigenvalue weighted by Crippen LogP contribution is -2.40. The number of benzene rings is 1. The van der Waals surface area contributed by atoms with Gasteiger partial charge in [-0.1, -0.05) is 11.8 Å². The number of anilines is 1. The van der Waals surface area contributed by atoms with Crippen molar-refractivity contribution in [1.29, 1.82) is 0 Å². The van der Waals surface area contributed by atoms with E-state index in [-0.39, 0.29) is 18.2 Å². The number of carbonyl (C=O) groups excluding carboxylic acids is 1. The lowest BCUT2D eigenvalue weighted by atomic mass is 9.93. The Morgan fingerprint density at radius 1 is 1.19 bits per heavy atom. The van der Waals surface area contributed by atoms with Gasteiger partial charge in [0, 0.05) is 16.6 Å². The van der Waals surface area contributed by atoms with Crippen LogP contribution in [0.2, 0.25) is 0 Å². The van der Waals surface area contributed by atoms with Crippen molar-refractivity contribution >= 4 is 23.5 Å². The van der Waals surface area contributed by atoms with Crippen molar-refractivity contribution in [3.05, 3.63) is 24.3 Å². The zero-order valence-corrected chi connectivity index (χ0v) is 12.2. The number of hydrogen-bond acceptors (Lipinski definition) is 3. The first kappa shape index (κ1) is 16.0. The second-order valence-electron chi connectivity index (χ2n) is 5.01. The highest BCUT2D eigenvalue weighted by Gasteiger charge is 2.20. The Morgan fingerprint density at radius 2 is 1.81 bits per heavy atom. The summed E-state index contributed by atoms with van der Waals surface area (Å²) in [6.07, 6.45) is 2.66. The highest BCUT2D eigenvalue weighted by molar-refractivity contribution is 7.99. The zero-order chi connectivity index (χ0) is 15.2. The van der Waals surface area contributed by atoms with E-state index in [9.17, 15) is 18.7 Å². The van der Waals surface area contributed by atoms with Crippen LogP contribution in [0.3, 0.4) is 0 Å². The summed E-state index contributed by atoms with van der Waals surface area (Å²) in [5.74, 6) is -2.45. The molecule has 0 unspecified atom stereocenters. The molecule has 0 atom stereocenters. The van der Waals surface area contributed by atoms with Crippen LogP contribution in [0.15, 0.2) is 29.2 Å². The molecule has 1 saturated carbocycles. The van der Waals surface area contributed by atoms with Crippen LogP contribution >= 0.6 is 11.8 Å². The van der Waals surface area contributed by atoms with Gasteiger partial charge in [-0.15, -0.1) is 0 Å². The summed E-state index contributed by atoms with van der Waals surface area (Å²) in [6, 6.07) is 6.03. The number of alkyl halides is 2. The molecule has 0 radical (unpaired) electrons. The van der Waals surface area contributed by atoms with Crippen molar-refractivity contribution in [2.45, 2.75) is 48.5 Å². The monoisotopic (exact) mass is 316 g/mol. The Kier molecular flexibility index (Phi) is 5.81. The SMILES string of the molecule is O=C(Nc1ccc(SC(F)F)cc1)NC1CCC(O)CC1. The molecule has 0 saturated heterocycles. The van der Waals surface area contributed by atoms with Crippen LogP contribution in [-0.4, -0.2) is 29.0 Å². The summed E-state index contributed by atoms with van der Waals surface area (Å²) in [5.41, 5.74) is 0.557. The van der Waals surface area contributed by atoms with Crippen LogP contribution in [0.25, 0.3) is 0 Å². The van der Waals surface area contributed by atoms with E-state index in [0.717, 1.165) is 12.8 Å². The van der Waals surface area contributed by atoms with Crippen LogP contribution in [0.5, 0.6) is 0 Å². The summed E-state index contributed by atoms with van der Waals surface area (Å²) in [4.78, 5) is 12.3. The number of amides is 2. The smallest absolute Gasteiger partial charge is 0.319 e. The van der Waals surface area contributed by atoms with E-state index in [1.807, 2.05) is 0 Å². The van der Waals surface area contributed by atoms with Crippen LogP contribution in [0.1, 0.15) is 25.7 Å². The van der Waals surface area contributed by atoms with Crippen molar-refractivity contribution in [2.75, 3.05) is 5.32 Å². The maximum atomic E-state index is 12.2. The van der Waals surface area contributed by atoms with Crippen molar-refractivity contribution in [2.24, 2.45) is 0 Å². The number of nitrogens with one attached hydrogen (secondary N) is 2. The van der Waals surface area contributed by atoms with Gasteiger partial charge in [0.15, 0.2) is 0 Å². The van der Waals surface area contributed by atoms with Crippen LogP contribution in [-0.2, 0) is 0 Å². The van der Waals surface area contributed by atoms with Gasteiger partial charge in [-0.25, -0.2) is 4.79 Å². The molecular formula is C14H18F2N2O2S. The number of thioether (sulfide) groups is 1. The Hall–Kier alpha value is -1.34. The molecule has 1 fully saturated rings. The molecule has 0 aliphatic heterocycles. The molecule has 7 heteroatoms. The van der Waals surface area contributed by atoms with E-state index in [0.29, 0.717) is 35.2 Å². The third-order valence-corrected chi connectivity index (χ3v) is 4.09. The third-order valence-electron chi connectivity index (χ3n) is 3.37. The fourth-order valence-electron chi connectivity index (χ4n) is 2.29. The fourth-order valence-corrected chi connectivity index (χ4v) is 2.79. The molecule has 1 aliphatic carbocycles. The maximum Gasteiger partial charge on any atom is 0.319 e. The number of halogens is 2. The largest absolute Gasteiger partial charge is 0.393 e. The van der Waals surface area contributed by atoms with Gasteiger partial charge in [0.1, 0.15) is 0 Å². The maximum absolute atomic E-state index is 12.2. The van der Waals surface area contributed by atoms with E-state index in [1.54, 1.807) is 24.3 Å². The summed E-state index contributed by atoms with van der Waals surface area (Å²) in [7, 11) is 0. The van der Waals surface area contributed by atoms with E-state index >= 15 is 0 Å². The number of rotatable bonds is 4. The number of aliphatic hydroxyl groups is 1. The standard InChI is InChI=1S/C14H18F2N2O2S/c15-13(16)21-12-7-3-10(4-8-12)18-14(20)17-9-1-5-11(19)6-2-9/h3-4,7-9,11,13,19H,1-2,5-6H2,(H2,17,18,20). The Morgan fingerprint density at radius 3 is 2.38 bits per heavy atom. The topological polar surface area (TPSA) is 61.4 Å². The number of hydrogen-bond donors (Lipinski definition) is 3. The lowest BCUT2D eigenvalue weighted by molar-refractivity contribution is 0.118. The number of carbonyl (C=O) groups is 1. The van der Waals surface area contributed by atoms with E-state index < -0.39 is 5.76 Å². The second kappa shape index (κ2) is 7.61. The number of aliphatic hydroxyl groups excluding tert-OH is 1. The quantitative estimate of drug-likeness (QED) is 0.746. The van der Waals surface area contributed by atoms with Gasteiger partial charge in [0.25, 0.3) is 5.76 Å². The molecule has 0 bridgehead atoms. The lowest BCUT2D eigenvalue weighted by Gasteiger charge is -2.26. The Labute approximate surface area is 126 Å². The molecule has 1 aromatic rings. The van der Waals surface area contributed by atoms with Gasteiger partial charge in [-0.05, 0) is 49.9 Å². The first-order valence-electron chi connectivity index (χ1n) is 6.83. The molecule has 0 heterocycles. The molecule has 116 valence electrons. The van der Waals surface area contributed by atoms with E-state index in [1.165, 1.54) is 0 Å². The minimum Gasteiger partial charge on any atom is -0.393 e. The minimum absolute atomic E-state index is 0.0714. The third kappa shape index (κ3) is 5.51. The Balaban J connectivity index is 1.79. The fraction of sp³-hybridized carbons (Fsp3) is 0.500. The van der Waals surface area contributed by atoms with E-state index in [4.69, 9.17) is 0 Å². The minimum atomic E-state index is -2.45. The molecule has 4 nitrogen and oxygen atoms in total. The van der Waals surface area contributed by atoms with Crippen molar-refractivity contribution < 1.29 is 18.7 Å². The van der Waals surface area contributed by atoms with Crippen LogP contribution in [0.4, 0.5) is 19.3 Å². The summed E-state index contributed by atoms with van der Waals surface area (Å²) < 4.78 is 24.4. The predicted molar refractivity (Wildman–Crippen MR) is 78.7 cm³/mol. The molecule has 1 aromatic carbocycles. The highest BCUT2D eigenvalue weighted by atomic mass is 32.2. The van der Waals surface area contributed by atoms with E-state index in [2.05, 4.69) is 10.6 Å². The molecule has 1 aliphatic rings. The van der Waals surface area contributed by atoms with Crippen molar-refractivity contribution in [3.63, 3.8) is 0 Å². The van der Waals surface area contributed by atoms with Gasteiger partial charge in [-0.3, -0.25) is 0 Å². The van der Waals surface area contributed by atoms with Crippen LogP contribution < -0.4 is 10.6 Å². The summed E-state index contributed by atoms with van der Waals surface area (Å²) in [5, 5.41) is 14.9. The van der Waals surface area contributed by atoms with Gasteiger partial charge in [-0.2, -0.15) is 8.78 Å². The zero-order valence-electron chi connectivity index (χ0n) is 11.4. The van der Waals surface area contributed by atoms with Crippen molar-refractivity contribution in [1.82, 2.24) is 5.32 Å². The molecule has 3 N–H and O–H groups in total. The van der Waals surface area contributed by atoms with Gasteiger partial charge < -0.3 is 15.7 Å². The number of urea groups is 1. The molecule has 21 heavy (non-hydrogen) atoms. The average molecular weight is 316 g/mol. The summed E-state index contributed by atoms with van der Waals surface area (Å²) in [6.45, 7) is 0. The van der Waals surface area contributed by atoms with Gasteiger partial charge >= 0.3 is 6.03 Å². The highest BCUT2D eigenvalue weighted by Crippen LogP contribution is 2.26. The molecule has 0 spiro atoms. The first-order chi connectivity index (χ1) is 10.0. The summed E-state index contributed by atoms with van der Waals surface area (Å²) >= 11 is 0.469. The second-order valence-corrected chi connectivity index (χ2v) is 6.07.